The number of carbonyl (C=O) groups is 1. The highest BCUT2D eigenvalue weighted by molar-refractivity contribution is 6.07. The van der Waals surface area contributed by atoms with E-state index < -0.39 is 0 Å². The van der Waals surface area contributed by atoms with Crippen molar-refractivity contribution in [3.05, 3.63) is 59.9 Å². The molecule has 1 amide bonds. The first-order valence-corrected chi connectivity index (χ1v) is 6.05. The second-order valence-electron chi connectivity index (χ2n) is 4.26. The SMILES string of the molecule is O=C(NCc1ncn[nH]1)c1ccc(F)c2ccccc12. The van der Waals surface area contributed by atoms with Crippen molar-refractivity contribution in [3.8, 4) is 0 Å². The van der Waals surface area contributed by atoms with E-state index >= 15 is 0 Å². The van der Waals surface area contributed by atoms with Crippen molar-refractivity contribution in [1.82, 2.24) is 20.5 Å². The molecule has 0 atom stereocenters. The average Bonchev–Trinajstić information content (AvgIpc) is 2.99. The van der Waals surface area contributed by atoms with Crippen LogP contribution >= 0.6 is 0 Å². The van der Waals surface area contributed by atoms with Crippen LogP contribution < -0.4 is 5.32 Å². The molecule has 0 fully saturated rings. The van der Waals surface area contributed by atoms with Gasteiger partial charge in [-0.2, -0.15) is 5.10 Å². The number of halogens is 1. The van der Waals surface area contributed by atoms with Crippen LogP contribution in [0, 0.1) is 5.82 Å². The van der Waals surface area contributed by atoms with Crippen LogP contribution in [-0.4, -0.2) is 21.1 Å². The van der Waals surface area contributed by atoms with Crippen LogP contribution in [0.3, 0.4) is 0 Å². The minimum Gasteiger partial charge on any atom is -0.345 e. The van der Waals surface area contributed by atoms with Gasteiger partial charge in [-0.25, -0.2) is 9.37 Å². The van der Waals surface area contributed by atoms with Gasteiger partial charge >= 0.3 is 0 Å². The third-order valence-corrected chi connectivity index (χ3v) is 3.00. The van der Waals surface area contributed by atoms with Gasteiger partial charge < -0.3 is 5.32 Å². The van der Waals surface area contributed by atoms with E-state index in [1.807, 2.05) is 0 Å². The largest absolute Gasteiger partial charge is 0.345 e. The third-order valence-electron chi connectivity index (χ3n) is 3.00. The van der Waals surface area contributed by atoms with Gasteiger partial charge in [0.05, 0.1) is 6.54 Å². The fourth-order valence-corrected chi connectivity index (χ4v) is 2.04. The van der Waals surface area contributed by atoms with Crippen molar-refractivity contribution in [2.24, 2.45) is 0 Å². The monoisotopic (exact) mass is 270 g/mol. The lowest BCUT2D eigenvalue weighted by atomic mass is 10.0. The van der Waals surface area contributed by atoms with Crippen LogP contribution in [0.25, 0.3) is 10.8 Å². The molecule has 0 bridgehead atoms. The molecular formula is C14H11FN4O. The van der Waals surface area contributed by atoms with Gasteiger partial charge in [-0.1, -0.05) is 24.3 Å². The molecule has 2 aromatic carbocycles. The summed E-state index contributed by atoms with van der Waals surface area (Å²) in [7, 11) is 0. The Kier molecular flexibility index (Phi) is 3.12. The van der Waals surface area contributed by atoms with E-state index in [-0.39, 0.29) is 18.3 Å². The minimum absolute atomic E-state index is 0.241. The molecule has 100 valence electrons. The lowest BCUT2D eigenvalue weighted by molar-refractivity contribution is 0.0951. The van der Waals surface area contributed by atoms with Gasteiger partial charge in [-0.05, 0) is 17.5 Å². The lowest BCUT2D eigenvalue weighted by Gasteiger charge is -2.07. The van der Waals surface area contributed by atoms with Gasteiger partial charge in [0, 0.05) is 10.9 Å². The summed E-state index contributed by atoms with van der Waals surface area (Å²) in [4.78, 5) is 16.1. The Morgan fingerprint density at radius 2 is 2.00 bits per heavy atom. The number of fused-ring (bicyclic) bond motifs is 1. The molecule has 1 aromatic heterocycles. The van der Waals surface area contributed by atoms with E-state index in [4.69, 9.17) is 0 Å². The minimum atomic E-state index is -0.340. The summed E-state index contributed by atoms with van der Waals surface area (Å²) in [5, 5.41) is 10.1. The standard InChI is InChI=1S/C14H11FN4O/c15-12-6-5-11(9-3-1-2-4-10(9)12)14(20)16-7-13-17-8-18-19-13/h1-6,8H,7H2,(H,16,20)(H,17,18,19). The summed E-state index contributed by atoms with van der Waals surface area (Å²) < 4.78 is 13.7. The van der Waals surface area contributed by atoms with E-state index in [2.05, 4.69) is 20.5 Å². The molecule has 0 aliphatic carbocycles. The number of H-pyrrole nitrogens is 1. The van der Waals surface area contributed by atoms with Crippen molar-refractivity contribution in [2.75, 3.05) is 0 Å². The summed E-state index contributed by atoms with van der Waals surface area (Å²) in [6.45, 7) is 0.241. The van der Waals surface area contributed by atoms with Crippen LogP contribution in [0.15, 0.2) is 42.7 Å². The van der Waals surface area contributed by atoms with Crippen LogP contribution in [0.2, 0.25) is 0 Å². The number of nitrogens with zero attached hydrogens (tertiary/aromatic N) is 2. The first kappa shape index (κ1) is 12.3. The molecule has 5 nitrogen and oxygen atoms in total. The maximum atomic E-state index is 13.7. The Morgan fingerprint density at radius 3 is 2.75 bits per heavy atom. The highest BCUT2D eigenvalue weighted by Gasteiger charge is 2.12. The number of carbonyl (C=O) groups excluding carboxylic acids is 1. The predicted molar refractivity (Wildman–Crippen MR) is 71.5 cm³/mol. The number of benzene rings is 2. The predicted octanol–water partition coefficient (Wildman–Crippen LogP) is 2.03. The molecule has 0 spiro atoms. The highest BCUT2D eigenvalue weighted by atomic mass is 19.1. The highest BCUT2D eigenvalue weighted by Crippen LogP contribution is 2.21. The van der Waals surface area contributed by atoms with Crippen LogP contribution in [0.4, 0.5) is 4.39 Å². The van der Waals surface area contributed by atoms with Crippen LogP contribution in [0.5, 0.6) is 0 Å². The molecule has 0 saturated heterocycles. The van der Waals surface area contributed by atoms with Crippen LogP contribution in [-0.2, 0) is 6.54 Å². The number of hydrogen-bond donors (Lipinski definition) is 2. The molecule has 3 rings (SSSR count). The quantitative estimate of drug-likeness (QED) is 0.765. The number of aromatic nitrogens is 3. The molecule has 1 heterocycles. The second kappa shape index (κ2) is 5.08. The molecule has 0 radical (unpaired) electrons. The number of amides is 1. The summed E-state index contributed by atoms with van der Waals surface area (Å²) in [6.07, 6.45) is 1.37. The Balaban J connectivity index is 1.90. The zero-order valence-electron chi connectivity index (χ0n) is 10.4. The molecule has 0 unspecified atom stereocenters. The Bertz CT molecular complexity index is 755. The molecule has 0 saturated carbocycles. The third kappa shape index (κ3) is 2.23. The molecule has 0 aliphatic rings. The van der Waals surface area contributed by atoms with Crippen molar-refractivity contribution < 1.29 is 9.18 Å². The smallest absolute Gasteiger partial charge is 0.252 e. The van der Waals surface area contributed by atoms with E-state index in [1.54, 1.807) is 24.3 Å². The van der Waals surface area contributed by atoms with Crippen molar-refractivity contribution in [2.45, 2.75) is 6.54 Å². The molecular weight excluding hydrogens is 259 g/mol. The van der Waals surface area contributed by atoms with E-state index in [0.29, 0.717) is 22.2 Å². The molecule has 20 heavy (non-hydrogen) atoms. The summed E-state index contributed by atoms with van der Waals surface area (Å²) in [6, 6.07) is 9.66. The van der Waals surface area contributed by atoms with Crippen molar-refractivity contribution in [3.63, 3.8) is 0 Å². The van der Waals surface area contributed by atoms with Crippen LogP contribution in [0.1, 0.15) is 16.2 Å². The first-order valence-electron chi connectivity index (χ1n) is 6.05. The number of aromatic amines is 1. The summed E-state index contributed by atoms with van der Waals surface area (Å²) in [5.74, 6) is -0.0604. The fourth-order valence-electron chi connectivity index (χ4n) is 2.04. The molecule has 6 heteroatoms. The van der Waals surface area contributed by atoms with Gasteiger partial charge in [-0.15, -0.1) is 0 Å². The van der Waals surface area contributed by atoms with Gasteiger partial charge in [0.15, 0.2) is 0 Å². The normalized spacial score (nSPS) is 10.7. The van der Waals surface area contributed by atoms with Gasteiger partial charge in [0.25, 0.3) is 5.91 Å². The molecule has 3 aromatic rings. The zero-order valence-corrected chi connectivity index (χ0v) is 10.4. The number of rotatable bonds is 3. The second-order valence-corrected chi connectivity index (χ2v) is 4.26. The molecule has 2 N–H and O–H groups in total. The van der Waals surface area contributed by atoms with E-state index in [1.165, 1.54) is 18.5 Å². The molecule has 0 aliphatic heterocycles. The van der Waals surface area contributed by atoms with Gasteiger partial charge in [0.2, 0.25) is 0 Å². The maximum Gasteiger partial charge on any atom is 0.252 e. The maximum absolute atomic E-state index is 13.7. The Hall–Kier alpha value is -2.76. The zero-order chi connectivity index (χ0) is 13.9. The lowest BCUT2D eigenvalue weighted by Crippen LogP contribution is -2.23. The average molecular weight is 270 g/mol. The van der Waals surface area contributed by atoms with Gasteiger partial charge in [0.1, 0.15) is 18.0 Å². The van der Waals surface area contributed by atoms with Gasteiger partial charge in [-0.3, -0.25) is 9.89 Å². The summed E-state index contributed by atoms with van der Waals surface area (Å²) in [5.41, 5.74) is 0.432. The topological polar surface area (TPSA) is 70.7 Å². The Labute approximate surface area is 113 Å². The number of hydrogen-bond acceptors (Lipinski definition) is 3. The Morgan fingerprint density at radius 1 is 1.20 bits per heavy atom. The number of nitrogens with one attached hydrogen (secondary N) is 2. The van der Waals surface area contributed by atoms with Crippen molar-refractivity contribution >= 4 is 16.7 Å². The first-order chi connectivity index (χ1) is 9.75. The summed E-state index contributed by atoms with van der Waals surface area (Å²) >= 11 is 0. The van der Waals surface area contributed by atoms with E-state index in [9.17, 15) is 9.18 Å². The fraction of sp³-hybridized carbons (Fsp3) is 0.0714. The van der Waals surface area contributed by atoms with Crippen molar-refractivity contribution in [1.29, 1.82) is 0 Å². The van der Waals surface area contributed by atoms with E-state index in [0.717, 1.165) is 0 Å².